The molecule has 2 aromatic heterocycles. The second-order valence-corrected chi connectivity index (χ2v) is 3.80. The molecular formula is C14H9FN2O. The van der Waals surface area contributed by atoms with Crippen molar-refractivity contribution in [2.24, 2.45) is 0 Å². The lowest BCUT2D eigenvalue weighted by molar-refractivity contribution is 0.432. The molecule has 0 aliphatic heterocycles. The number of pyridine rings is 1. The standard InChI is InChI=1S/C14H9FN2O/c15-12-6-2-1-5-11(12)14-8-13(17-18-14)10-4-3-7-16-9-10/h1-9H. The molecule has 3 nitrogen and oxygen atoms in total. The highest BCUT2D eigenvalue weighted by atomic mass is 19.1. The van der Waals surface area contributed by atoms with Crippen LogP contribution < -0.4 is 0 Å². The highest BCUT2D eigenvalue weighted by Gasteiger charge is 2.11. The molecule has 1 aromatic carbocycles. The minimum atomic E-state index is -0.327. The van der Waals surface area contributed by atoms with Crippen LogP contribution in [0.3, 0.4) is 0 Å². The van der Waals surface area contributed by atoms with E-state index in [0.29, 0.717) is 17.0 Å². The second-order valence-electron chi connectivity index (χ2n) is 3.80. The average molecular weight is 240 g/mol. The predicted octanol–water partition coefficient (Wildman–Crippen LogP) is 3.54. The minimum absolute atomic E-state index is 0.327. The van der Waals surface area contributed by atoms with E-state index in [1.165, 1.54) is 6.07 Å². The van der Waals surface area contributed by atoms with Crippen LogP contribution in [-0.4, -0.2) is 10.1 Å². The summed E-state index contributed by atoms with van der Waals surface area (Å²) in [7, 11) is 0. The third kappa shape index (κ3) is 1.88. The van der Waals surface area contributed by atoms with Crippen molar-refractivity contribution in [3.8, 4) is 22.6 Å². The zero-order valence-electron chi connectivity index (χ0n) is 9.38. The Labute approximate surface area is 103 Å². The van der Waals surface area contributed by atoms with Gasteiger partial charge in [0.15, 0.2) is 5.76 Å². The zero-order valence-corrected chi connectivity index (χ0v) is 9.38. The molecule has 0 bridgehead atoms. The number of hydrogen-bond donors (Lipinski definition) is 0. The van der Waals surface area contributed by atoms with E-state index in [4.69, 9.17) is 4.52 Å². The van der Waals surface area contributed by atoms with Crippen LogP contribution in [0.25, 0.3) is 22.6 Å². The van der Waals surface area contributed by atoms with Gasteiger partial charge in [-0.05, 0) is 24.3 Å². The first-order chi connectivity index (χ1) is 8.84. The molecular weight excluding hydrogens is 231 g/mol. The van der Waals surface area contributed by atoms with Gasteiger partial charge >= 0.3 is 0 Å². The second kappa shape index (κ2) is 4.41. The number of hydrogen-bond acceptors (Lipinski definition) is 3. The Hall–Kier alpha value is -2.49. The molecule has 0 fully saturated rings. The van der Waals surface area contributed by atoms with Crippen LogP contribution in [0.4, 0.5) is 4.39 Å². The van der Waals surface area contributed by atoms with E-state index in [-0.39, 0.29) is 5.82 Å². The molecule has 0 atom stereocenters. The van der Waals surface area contributed by atoms with E-state index >= 15 is 0 Å². The lowest BCUT2D eigenvalue weighted by Crippen LogP contribution is -1.80. The summed E-state index contributed by atoms with van der Waals surface area (Å²) >= 11 is 0. The summed E-state index contributed by atoms with van der Waals surface area (Å²) in [6, 6.07) is 11.8. The summed E-state index contributed by atoms with van der Waals surface area (Å²) in [4.78, 5) is 4.00. The van der Waals surface area contributed by atoms with E-state index < -0.39 is 0 Å². The van der Waals surface area contributed by atoms with Crippen LogP contribution in [-0.2, 0) is 0 Å². The Morgan fingerprint density at radius 3 is 2.72 bits per heavy atom. The minimum Gasteiger partial charge on any atom is -0.356 e. The first kappa shape index (κ1) is 10.7. The third-order valence-electron chi connectivity index (χ3n) is 2.61. The molecule has 0 N–H and O–H groups in total. The Morgan fingerprint density at radius 1 is 1.06 bits per heavy atom. The van der Waals surface area contributed by atoms with Gasteiger partial charge in [0.2, 0.25) is 0 Å². The topological polar surface area (TPSA) is 38.9 Å². The van der Waals surface area contributed by atoms with E-state index in [1.807, 2.05) is 12.1 Å². The normalized spacial score (nSPS) is 10.5. The van der Waals surface area contributed by atoms with Crippen LogP contribution in [0.1, 0.15) is 0 Å². The first-order valence-electron chi connectivity index (χ1n) is 5.46. The smallest absolute Gasteiger partial charge is 0.170 e. The highest BCUT2D eigenvalue weighted by Crippen LogP contribution is 2.27. The Balaban J connectivity index is 2.03. The van der Waals surface area contributed by atoms with Crippen LogP contribution in [0.5, 0.6) is 0 Å². The SMILES string of the molecule is Fc1ccccc1-c1cc(-c2cccnc2)no1. The number of aromatic nitrogens is 2. The zero-order chi connectivity index (χ0) is 12.4. The molecule has 0 saturated carbocycles. The van der Waals surface area contributed by atoms with Gasteiger partial charge in [0.1, 0.15) is 11.5 Å². The van der Waals surface area contributed by atoms with Crippen molar-refractivity contribution in [1.82, 2.24) is 10.1 Å². The fourth-order valence-corrected chi connectivity index (χ4v) is 1.71. The maximum absolute atomic E-state index is 13.6. The molecule has 0 aliphatic carbocycles. The van der Waals surface area contributed by atoms with E-state index in [1.54, 1.807) is 36.7 Å². The van der Waals surface area contributed by atoms with Gasteiger partial charge in [0, 0.05) is 24.0 Å². The van der Waals surface area contributed by atoms with Crippen molar-refractivity contribution in [3.05, 3.63) is 60.7 Å². The van der Waals surface area contributed by atoms with Crippen LogP contribution >= 0.6 is 0 Å². The van der Waals surface area contributed by atoms with Gasteiger partial charge in [0.05, 0.1) is 5.56 Å². The number of halogens is 1. The number of rotatable bonds is 2. The molecule has 0 aliphatic rings. The Morgan fingerprint density at radius 2 is 1.94 bits per heavy atom. The molecule has 4 heteroatoms. The van der Waals surface area contributed by atoms with Gasteiger partial charge in [-0.1, -0.05) is 17.3 Å². The fraction of sp³-hybridized carbons (Fsp3) is 0. The van der Waals surface area contributed by atoms with E-state index in [0.717, 1.165) is 5.56 Å². The Bertz CT molecular complexity index is 664. The Kier molecular flexibility index (Phi) is 2.61. The lowest BCUT2D eigenvalue weighted by Gasteiger charge is -1.95. The van der Waals surface area contributed by atoms with Gasteiger partial charge in [-0.3, -0.25) is 4.98 Å². The summed E-state index contributed by atoms with van der Waals surface area (Å²) in [6.07, 6.45) is 3.37. The summed E-state index contributed by atoms with van der Waals surface area (Å²) in [5.74, 6) is 0.0818. The molecule has 2 heterocycles. The molecule has 3 rings (SSSR count). The lowest BCUT2D eigenvalue weighted by atomic mass is 10.1. The van der Waals surface area contributed by atoms with Gasteiger partial charge in [-0.15, -0.1) is 0 Å². The third-order valence-corrected chi connectivity index (χ3v) is 2.61. The summed E-state index contributed by atoms with van der Waals surface area (Å²) < 4.78 is 18.8. The number of nitrogens with zero attached hydrogens (tertiary/aromatic N) is 2. The van der Waals surface area contributed by atoms with E-state index in [2.05, 4.69) is 10.1 Å². The van der Waals surface area contributed by atoms with Crippen molar-refractivity contribution in [3.63, 3.8) is 0 Å². The first-order valence-corrected chi connectivity index (χ1v) is 5.46. The molecule has 88 valence electrons. The molecule has 0 unspecified atom stereocenters. The molecule has 3 aromatic rings. The van der Waals surface area contributed by atoms with Gasteiger partial charge in [-0.2, -0.15) is 0 Å². The van der Waals surface area contributed by atoms with E-state index in [9.17, 15) is 4.39 Å². The van der Waals surface area contributed by atoms with Crippen molar-refractivity contribution in [1.29, 1.82) is 0 Å². The quantitative estimate of drug-likeness (QED) is 0.687. The molecule has 0 radical (unpaired) electrons. The summed E-state index contributed by atoms with van der Waals surface area (Å²) in [6.45, 7) is 0. The monoisotopic (exact) mass is 240 g/mol. The number of benzene rings is 1. The molecule has 0 amide bonds. The van der Waals surface area contributed by atoms with Gasteiger partial charge in [-0.25, -0.2) is 4.39 Å². The highest BCUT2D eigenvalue weighted by molar-refractivity contribution is 5.66. The van der Waals surface area contributed by atoms with Crippen molar-refractivity contribution in [2.45, 2.75) is 0 Å². The maximum Gasteiger partial charge on any atom is 0.170 e. The van der Waals surface area contributed by atoms with Gasteiger partial charge < -0.3 is 4.52 Å². The predicted molar refractivity (Wildman–Crippen MR) is 65.1 cm³/mol. The largest absolute Gasteiger partial charge is 0.356 e. The summed E-state index contributed by atoms with van der Waals surface area (Å²) in [5.41, 5.74) is 1.88. The van der Waals surface area contributed by atoms with Crippen molar-refractivity contribution in [2.75, 3.05) is 0 Å². The van der Waals surface area contributed by atoms with Crippen LogP contribution in [0.2, 0.25) is 0 Å². The summed E-state index contributed by atoms with van der Waals surface area (Å²) in [5, 5.41) is 3.92. The molecule has 0 saturated heterocycles. The van der Waals surface area contributed by atoms with Crippen molar-refractivity contribution >= 4 is 0 Å². The van der Waals surface area contributed by atoms with Crippen LogP contribution in [0, 0.1) is 5.82 Å². The maximum atomic E-state index is 13.6. The fourth-order valence-electron chi connectivity index (χ4n) is 1.71. The average Bonchev–Trinajstić information content (AvgIpc) is 2.90. The molecule has 18 heavy (non-hydrogen) atoms. The van der Waals surface area contributed by atoms with Gasteiger partial charge in [0.25, 0.3) is 0 Å². The van der Waals surface area contributed by atoms with Crippen molar-refractivity contribution < 1.29 is 8.91 Å². The molecule has 0 spiro atoms. The van der Waals surface area contributed by atoms with Crippen LogP contribution in [0.15, 0.2) is 59.4 Å².